The van der Waals surface area contributed by atoms with Crippen molar-refractivity contribution >= 4 is 17.5 Å². The molecule has 2 aromatic carbocycles. The molecule has 0 unspecified atom stereocenters. The molecule has 0 bridgehead atoms. The second kappa shape index (κ2) is 10.3. The van der Waals surface area contributed by atoms with E-state index < -0.39 is 0 Å². The number of ether oxygens (including phenoxy) is 1. The Kier molecular flexibility index (Phi) is 7.51. The third-order valence-electron chi connectivity index (χ3n) is 4.63. The summed E-state index contributed by atoms with van der Waals surface area (Å²) in [5.74, 6) is 0.961. The van der Waals surface area contributed by atoms with Crippen molar-refractivity contribution in [2.75, 3.05) is 45.9 Å². The molecule has 1 aliphatic rings. The van der Waals surface area contributed by atoms with Crippen molar-refractivity contribution in [3.8, 4) is 5.75 Å². The Morgan fingerprint density at radius 2 is 1.74 bits per heavy atom. The molecule has 0 aromatic heterocycles. The zero-order valence-corrected chi connectivity index (χ0v) is 16.2. The number of para-hydroxylation sites is 1. The number of nitrogens with one attached hydrogen (secondary N) is 1. The second-order valence-electron chi connectivity index (χ2n) is 6.69. The minimum Gasteiger partial charge on any atom is -0.492 e. The van der Waals surface area contributed by atoms with Crippen LogP contribution in [0.1, 0.15) is 5.56 Å². The van der Waals surface area contributed by atoms with E-state index in [-0.39, 0.29) is 5.91 Å². The fourth-order valence-corrected chi connectivity index (χ4v) is 3.30. The first-order valence-electron chi connectivity index (χ1n) is 9.33. The monoisotopic (exact) mass is 387 g/mol. The van der Waals surface area contributed by atoms with E-state index in [9.17, 15) is 4.79 Å². The Morgan fingerprint density at radius 3 is 2.48 bits per heavy atom. The van der Waals surface area contributed by atoms with Gasteiger partial charge < -0.3 is 10.1 Å². The molecule has 5 nitrogen and oxygen atoms in total. The Labute approximate surface area is 165 Å². The molecule has 6 heteroatoms. The normalized spacial score (nSPS) is 15.4. The van der Waals surface area contributed by atoms with Crippen LogP contribution in [0.4, 0.5) is 0 Å². The lowest BCUT2D eigenvalue weighted by Crippen LogP contribution is -2.50. The van der Waals surface area contributed by atoms with Gasteiger partial charge in [0, 0.05) is 44.3 Å². The van der Waals surface area contributed by atoms with Crippen molar-refractivity contribution < 1.29 is 9.53 Å². The van der Waals surface area contributed by atoms with Gasteiger partial charge in [-0.15, -0.1) is 0 Å². The lowest BCUT2D eigenvalue weighted by molar-refractivity contribution is -0.122. The van der Waals surface area contributed by atoms with Crippen molar-refractivity contribution in [2.45, 2.75) is 6.54 Å². The van der Waals surface area contributed by atoms with Crippen LogP contribution < -0.4 is 10.1 Å². The van der Waals surface area contributed by atoms with Gasteiger partial charge in [-0.1, -0.05) is 41.9 Å². The number of piperazine rings is 1. The minimum absolute atomic E-state index is 0.0517. The Morgan fingerprint density at radius 1 is 1.00 bits per heavy atom. The molecular weight excluding hydrogens is 362 g/mol. The van der Waals surface area contributed by atoms with E-state index in [2.05, 4.69) is 15.1 Å². The number of benzene rings is 2. The van der Waals surface area contributed by atoms with Gasteiger partial charge >= 0.3 is 0 Å². The molecule has 3 rings (SSSR count). The second-order valence-corrected chi connectivity index (χ2v) is 7.12. The average Bonchev–Trinajstić information content (AvgIpc) is 2.69. The summed E-state index contributed by atoms with van der Waals surface area (Å²) in [4.78, 5) is 16.7. The third kappa shape index (κ3) is 6.86. The first kappa shape index (κ1) is 19.7. The number of hydrogen-bond acceptors (Lipinski definition) is 4. The first-order chi connectivity index (χ1) is 13.2. The van der Waals surface area contributed by atoms with E-state index in [1.54, 1.807) is 0 Å². The molecule has 0 saturated carbocycles. The van der Waals surface area contributed by atoms with Crippen LogP contribution in [0.3, 0.4) is 0 Å². The highest BCUT2D eigenvalue weighted by molar-refractivity contribution is 6.30. The third-order valence-corrected chi connectivity index (χ3v) is 4.87. The minimum atomic E-state index is 0.0517. The molecule has 1 amide bonds. The van der Waals surface area contributed by atoms with Crippen LogP contribution in [0, 0.1) is 0 Å². The first-order valence-corrected chi connectivity index (χ1v) is 9.70. The number of halogens is 1. The van der Waals surface area contributed by atoms with E-state index in [4.69, 9.17) is 16.3 Å². The summed E-state index contributed by atoms with van der Waals surface area (Å²) < 4.78 is 5.75. The molecule has 144 valence electrons. The molecule has 1 aliphatic heterocycles. The molecule has 0 spiro atoms. The van der Waals surface area contributed by atoms with Crippen LogP contribution in [0.15, 0.2) is 54.6 Å². The lowest BCUT2D eigenvalue weighted by atomic mass is 10.2. The highest BCUT2D eigenvalue weighted by Crippen LogP contribution is 2.10. The highest BCUT2D eigenvalue weighted by Gasteiger charge is 2.18. The van der Waals surface area contributed by atoms with E-state index in [1.807, 2.05) is 54.6 Å². The number of carbonyl (C=O) groups excluding carboxylic acids is 1. The zero-order chi connectivity index (χ0) is 18.9. The van der Waals surface area contributed by atoms with Gasteiger partial charge in [-0.3, -0.25) is 14.6 Å². The van der Waals surface area contributed by atoms with Gasteiger partial charge in [0.25, 0.3) is 0 Å². The summed E-state index contributed by atoms with van der Waals surface area (Å²) in [6.07, 6.45) is 0. The fourth-order valence-electron chi connectivity index (χ4n) is 3.09. The Balaban J connectivity index is 1.30. The highest BCUT2D eigenvalue weighted by atomic mass is 35.5. The van der Waals surface area contributed by atoms with E-state index in [0.717, 1.165) is 44.0 Å². The predicted molar refractivity (Wildman–Crippen MR) is 108 cm³/mol. The van der Waals surface area contributed by atoms with Gasteiger partial charge in [-0.25, -0.2) is 0 Å². The smallest absolute Gasteiger partial charge is 0.234 e. The van der Waals surface area contributed by atoms with Crippen LogP contribution in [-0.2, 0) is 11.3 Å². The van der Waals surface area contributed by atoms with E-state index in [1.165, 1.54) is 0 Å². The van der Waals surface area contributed by atoms with Crippen molar-refractivity contribution in [2.24, 2.45) is 0 Å². The fraction of sp³-hybridized carbons (Fsp3) is 0.381. The van der Waals surface area contributed by atoms with Gasteiger partial charge in [0.1, 0.15) is 12.4 Å². The molecule has 0 atom stereocenters. The maximum absolute atomic E-state index is 12.2. The standard InChI is InChI=1S/C21H26ClN3O2/c22-19-6-4-5-18(15-19)16-23-21(26)17-25-11-9-24(10-12-25)13-14-27-20-7-2-1-3-8-20/h1-8,15H,9-14,16-17H2,(H,23,26). The number of amides is 1. The van der Waals surface area contributed by atoms with Gasteiger partial charge in [-0.05, 0) is 29.8 Å². The lowest BCUT2D eigenvalue weighted by Gasteiger charge is -2.34. The molecule has 1 saturated heterocycles. The van der Waals surface area contributed by atoms with Crippen molar-refractivity contribution in [3.05, 3.63) is 65.2 Å². The number of carbonyl (C=O) groups is 1. The average molecular weight is 388 g/mol. The molecule has 1 N–H and O–H groups in total. The number of hydrogen-bond donors (Lipinski definition) is 1. The molecule has 0 aliphatic carbocycles. The summed E-state index contributed by atoms with van der Waals surface area (Å²) in [7, 11) is 0. The van der Waals surface area contributed by atoms with Gasteiger partial charge in [-0.2, -0.15) is 0 Å². The van der Waals surface area contributed by atoms with Crippen LogP contribution in [0.2, 0.25) is 5.02 Å². The number of rotatable bonds is 8. The molecule has 1 fully saturated rings. The largest absolute Gasteiger partial charge is 0.492 e. The molecular formula is C21H26ClN3O2. The SMILES string of the molecule is O=C(CN1CCN(CCOc2ccccc2)CC1)NCc1cccc(Cl)c1. The zero-order valence-electron chi connectivity index (χ0n) is 15.4. The van der Waals surface area contributed by atoms with E-state index >= 15 is 0 Å². The van der Waals surface area contributed by atoms with E-state index in [0.29, 0.717) is 24.7 Å². The maximum Gasteiger partial charge on any atom is 0.234 e. The molecule has 27 heavy (non-hydrogen) atoms. The Hall–Kier alpha value is -2.08. The summed E-state index contributed by atoms with van der Waals surface area (Å²) in [5, 5.41) is 3.65. The van der Waals surface area contributed by atoms with Gasteiger partial charge in [0.15, 0.2) is 0 Å². The van der Waals surface area contributed by atoms with Crippen LogP contribution in [-0.4, -0.2) is 61.6 Å². The molecule has 0 radical (unpaired) electrons. The molecule has 1 heterocycles. The predicted octanol–water partition coefficient (Wildman–Crippen LogP) is 2.65. The topological polar surface area (TPSA) is 44.8 Å². The quantitative estimate of drug-likeness (QED) is 0.756. The van der Waals surface area contributed by atoms with Gasteiger partial charge in [0.2, 0.25) is 5.91 Å². The summed E-state index contributed by atoms with van der Waals surface area (Å²) in [5.41, 5.74) is 1.01. The van der Waals surface area contributed by atoms with Crippen molar-refractivity contribution in [1.82, 2.24) is 15.1 Å². The summed E-state index contributed by atoms with van der Waals surface area (Å²) in [6, 6.07) is 17.4. The van der Waals surface area contributed by atoms with Crippen LogP contribution >= 0.6 is 11.6 Å². The maximum atomic E-state index is 12.2. The molecule has 2 aromatic rings. The van der Waals surface area contributed by atoms with Crippen molar-refractivity contribution in [3.63, 3.8) is 0 Å². The van der Waals surface area contributed by atoms with Crippen LogP contribution in [0.5, 0.6) is 5.75 Å². The number of nitrogens with zero attached hydrogens (tertiary/aromatic N) is 2. The van der Waals surface area contributed by atoms with Crippen molar-refractivity contribution in [1.29, 1.82) is 0 Å². The Bertz CT molecular complexity index is 718. The van der Waals surface area contributed by atoms with Crippen LogP contribution in [0.25, 0.3) is 0 Å². The van der Waals surface area contributed by atoms with Gasteiger partial charge in [0.05, 0.1) is 6.54 Å². The summed E-state index contributed by atoms with van der Waals surface area (Å²) in [6.45, 7) is 6.25. The summed E-state index contributed by atoms with van der Waals surface area (Å²) >= 11 is 5.97.